The molecule has 1 aromatic carbocycles. The summed E-state index contributed by atoms with van der Waals surface area (Å²) in [5.41, 5.74) is 6.64. The van der Waals surface area contributed by atoms with Gasteiger partial charge >= 0.3 is 0 Å². The summed E-state index contributed by atoms with van der Waals surface area (Å²) in [7, 11) is -0.609. The monoisotopic (exact) mass is 339 g/mol. The number of hydrogen-bond acceptors (Lipinski definition) is 1. The second-order valence-corrected chi connectivity index (χ2v) is 13.6. The Morgan fingerprint density at radius 3 is 2.48 bits per heavy atom. The van der Waals surface area contributed by atoms with Gasteiger partial charge in [-0.3, -0.25) is 0 Å². The SMILES string of the molecule is CC[Si](C)(C)C1=C(c2nc(-c3ccc(C)cc3)[pH]c2C)CC=C1. The molecule has 23 heavy (non-hydrogen) atoms. The number of aryl methyl sites for hydroxylation is 2. The van der Waals surface area contributed by atoms with Crippen molar-refractivity contribution in [1.82, 2.24) is 4.98 Å². The number of nitrogens with zero attached hydrogens (tertiary/aromatic N) is 1. The van der Waals surface area contributed by atoms with Crippen LogP contribution in [-0.2, 0) is 0 Å². The summed E-state index contributed by atoms with van der Waals surface area (Å²) < 4.78 is 0. The molecule has 1 atom stereocenters. The fourth-order valence-electron chi connectivity index (χ4n) is 3.16. The Bertz CT molecular complexity index is 778. The summed E-state index contributed by atoms with van der Waals surface area (Å²) in [5.74, 6) is 0. The van der Waals surface area contributed by atoms with Crippen molar-refractivity contribution in [3.63, 3.8) is 0 Å². The van der Waals surface area contributed by atoms with Gasteiger partial charge in [0.05, 0.1) is 19.2 Å². The van der Waals surface area contributed by atoms with Crippen molar-refractivity contribution in [2.24, 2.45) is 0 Å². The lowest BCUT2D eigenvalue weighted by molar-refractivity contribution is 1.27. The highest BCUT2D eigenvalue weighted by atomic mass is 31.0. The van der Waals surface area contributed by atoms with Crippen LogP contribution in [0.3, 0.4) is 0 Å². The van der Waals surface area contributed by atoms with Gasteiger partial charge in [0.1, 0.15) is 0 Å². The average Bonchev–Trinajstić information content (AvgIpc) is 3.14. The molecule has 0 radical (unpaired) electrons. The van der Waals surface area contributed by atoms with Crippen LogP contribution in [0, 0.1) is 13.8 Å². The maximum Gasteiger partial charge on any atom is 0.0869 e. The Morgan fingerprint density at radius 1 is 1.13 bits per heavy atom. The largest absolute Gasteiger partial charge is 0.244 e. The molecule has 1 nitrogen and oxygen atoms in total. The van der Waals surface area contributed by atoms with Crippen LogP contribution in [0.4, 0.5) is 0 Å². The molecule has 0 bridgehead atoms. The lowest BCUT2D eigenvalue weighted by Crippen LogP contribution is -2.27. The predicted octanol–water partition coefficient (Wildman–Crippen LogP) is 6.38. The number of hydrogen-bond donors (Lipinski definition) is 0. The van der Waals surface area contributed by atoms with Gasteiger partial charge in [-0.1, -0.05) is 73.2 Å². The molecular formula is C20H26NPSi. The molecule has 0 spiro atoms. The van der Waals surface area contributed by atoms with Gasteiger partial charge in [0.2, 0.25) is 0 Å². The molecule has 0 amide bonds. The number of rotatable bonds is 4. The molecule has 0 aliphatic heterocycles. The summed E-state index contributed by atoms with van der Waals surface area (Å²) in [5, 5.41) is 3.07. The first-order valence-corrected chi connectivity index (χ1v) is 12.7. The summed E-state index contributed by atoms with van der Waals surface area (Å²) in [6, 6.07) is 10.1. The van der Waals surface area contributed by atoms with Crippen molar-refractivity contribution in [3.05, 3.63) is 58.2 Å². The molecular weight excluding hydrogens is 313 g/mol. The van der Waals surface area contributed by atoms with Gasteiger partial charge in [0, 0.05) is 5.56 Å². The van der Waals surface area contributed by atoms with E-state index < -0.39 is 8.07 Å². The van der Waals surface area contributed by atoms with E-state index in [4.69, 9.17) is 4.98 Å². The van der Waals surface area contributed by atoms with Crippen molar-refractivity contribution in [3.8, 4) is 11.0 Å². The van der Waals surface area contributed by atoms with Gasteiger partial charge in [0.25, 0.3) is 0 Å². The minimum absolute atomic E-state index is 0.712. The first kappa shape index (κ1) is 16.5. The Hall–Kier alpha value is -1.37. The quantitative estimate of drug-likeness (QED) is 0.589. The van der Waals surface area contributed by atoms with Gasteiger partial charge in [-0.15, -0.1) is 8.19 Å². The molecule has 1 aliphatic carbocycles. The Kier molecular flexibility index (Phi) is 4.49. The van der Waals surface area contributed by atoms with E-state index in [1.165, 1.54) is 39.2 Å². The van der Waals surface area contributed by atoms with Gasteiger partial charge < -0.3 is 0 Å². The Balaban J connectivity index is 2.05. The van der Waals surface area contributed by atoms with E-state index in [0.717, 1.165) is 6.42 Å². The van der Waals surface area contributed by atoms with Crippen molar-refractivity contribution in [1.29, 1.82) is 0 Å². The fourth-order valence-corrected chi connectivity index (χ4v) is 6.30. The smallest absolute Gasteiger partial charge is 0.0869 e. The molecule has 0 saturated heterocycles. The fraction of sp³-hybridized carbons (Fsp3) is 0.350. The maximum absolute atomic E-state index is 5.08. The highest BCUT2D eigenvalue weighted by Gasteiger charge is 2.29. The second kappa shape index (κ2) is 6.26. The number of allylic oxidation sites excluding steroid dienone is 4. The summed E-state index contributed by atoms with van der Waals surface area (Å²) in [6.45, 7) is 11.7. The van der Waals surface area contributed by atoms with Crippen molar-refractivity contribution >= 4 is 21.8 Å². The van der Waals surface area contributed by atoms with Gasteiger partial charge in [-0.2, -0.15) is 0 Å². The average molecular weight is 339 g/mol. The third-order valence-electron chi connectivity index (χ3n) is 5.04. The van der Waals surface area contributed by atoms with Gasteiger partial charge in [-0.05, 0) is 31.1 Å². The van der Waals surface area contributed by atoms with Crippen molar-refractivity contribution in [2.45, 2.75) is 46.3 Å². The summed E-state index contributed by atoms with van der Waals surface area (Å²) >= 11 is 0. The van der Waals surface area contributed by atoms with E-state index in [2.05, 4.69) is 70.3 Å². The highest BCUT2D eigenvalue weighted by molar-refractivity contribution is 7.34. The van der Waals surface area contributed by atoms with E-state index >= 15 is 0 Å². The Morgan fingerprint density at radius 2 is 1.83 bits per heavy atom. The topological polar surface area (TPSA) is 12.9 Å². The molecule has 0 saturated carbocycles. The molecule has 3 heteroatoms. The van der Waals surface area contributed by atoms with Crippen LogP contribution in [0.5, 0.6) is 0 Å². The minimum atomic E-state index is -1.32. The molecule has 2 aromatic rings. The van der Waals surface area contributed by atoms with Crippen LogP contribution in [0.1, 0.15) is 29.9 Å². The van der Waals surface area contributed by atoms with Crippen LogP contribution < -0.4 is 0 Å². The number of aromatic nitrogens is 1. The zero-order chi connectivity index (χ0) is 16.6. The zero-order valence-electron chi connectivity index (χ0n) is 14.8. The van der Waals surface area contributed by atoms with E-state index in [9.17, 15) is 0 Å². The molecule has 120 valence electrons. The minimum Gasteiger partial charge on any atom is -0.244 e. The molecule has 3 rings (SSSR count). The van der Waals surface area contributed by atoms with Gasteiger partial charge in [-0.25, -0.2) is 4.98 Å². The summed E-state index contributed by atoms with van der Waals surface area (Å²) in [6.07, 6.45) is 5.78. The lowest BCUT2D eigenvalue weighted by atomic mass is 10.1. The van der Waals surface area contributed by atoms with Crippen LogP contribution in [0.15, 0.2) is 41.6 Å². The zero-order valence-corrected chi connectivity index (χ0v) is 16.8. The second-order valence-electron chi connectivity index (χ2n) is 7.16. The lowest BCUT2D eigenvalue weighted by Gasteiger charge is -2.23. The van der Waals surface area contributed by atoms with E-state index in [1.807, 2.05) is 0 Å². The molecule has 0 fully saturated rings. The molecule has 1 unspecified atom stereocenters. The highest BCUT2D eigenvalue weighted by Crippen LogP contribution is 2.41. The molecule has 1 heterocycles. The normalized spacial score (nSPS) is 15.2. The van der Waals surface area contributed by atoms with E-state index in [-0.39, 0.29) is 0 Å². The maximum atomic E-state index is 5.08. The first-order valence-electron chi connectivity index (χ1n) is 8.46. The molecule has 0 N–H and O–H groups in total. The molecule has 1 aliphatic rings. The number of benzene rings is 1. The molecule has 1 aromatic heterocycles. The van der Waals surface area contributed by atoms with Gasteiger partial charge in [0.15, 0.2) is 0 Å². The van der Waals surface area contributed by atoms with Crippen molar-refractivity contribution in [2.75, 3.05) is 0 Å². The third-order valence-corrected chi connectivity index (χ3v) is 9.98. The first-order chi connectivity index (χ1) is 10.9. The predicted molar refractivity (Wildman–Crippen MR) is 107 cm³/mol. The summed E-state index contributed by atoms with van der Waals surface area (Å²) in [4.78, 5) is 5.08. The van der Waals surface area contributed by atoms with Crippen LogP contribution in [0.2, 0.25) is 19.1 Å². The van der Waals surface area contributed by atoms with E-state index in [0.29, 0.717) is 8.19 Å². The van der Waals surface area contributed by atoms with Crippen LogP contribution >= 0.6 is 8.19 Å². The van der Waals surface area contributed by atoms with E-state index in [1.54, 1.807) is 5.20 Å². The van der Waals surface area contributed by atoms with Crippen LogP contribution in [-0.4, -0.2) is 13.1 Å². The standard InChI is InChI=1S/C20H26NPSi/c1-6-23(4,5)18-9-7-8-17(18)19-15(3)22-20(21-19)16-12-10-14(2)11-13-16/h7,9-13,22H,6,8H2,1-5H3. The van der Waals surface area contributed by atoms with Crippen molar-refractivity contribution < 1.29 is 0 Å². The third kappa shape index (κ3) is 3.16. The Labute approximate surface area is 142 Å². The van der Waals surface area contributed by atoms with Crippen LogP contribution in [0.25, 0.3) is 16.6 Å².